The highest BCUT2D eigenvalue weighted by Crippen LogP contribution is 2.22. The highest BCUT2D eigenvalue weighted by molar-refractivity contribution is 5.04. The second-order valence-electron chi connectivity index (χ2n) is 3.99. The van der Waals surface area contributed by atoms with Crippen LogP contribution in [0.3, 0.4) is 0 Å². The molecule has 0 saturated heterocycles. The van der Waals surface area contributed by atoms with Crippen LogP contribution in [0.1, 0.15) is 38.6 Å². The van der Waals surface area contributed by atoms with Crippen LogP contribution in [0.15, 0.2) is 22.8 Å². The van der Waals surface area contributed by atoms with Crippen LogP contribution in [0.2, 0.25) is 0 Å². The smallest absolute Gasteiger partial charge is 0.134 e. The molecular formula is C13H23NO3. The topological polar surface area (TPSA) is 57.6 Å². The number of hydrogen-bond donors (Lipinski definition) is 1. The Bertz CT molecular complexity index is 274. The van der Waals surface area contributed by atoms with Crippen LogP contribution in [-0.2, 0) is 9.47 Å². The summed E-state index contributed by atoms with van der Waals surface area (Å²) in [5, 5.41) is 0. The molecule has 1 aromatic rings. The molecular weight excluding hydrogens is 218 g/mol. The van der Waals surface area contributed by atoms with Crippen molar-refractivity contribution in [1.82, 2.24) is 0 Å². The maximum Gasteiger partial charge on any atom is 0.134 e. The normalized spacial score (nSPS) is 14.8. The maximum absolute atomic E-state index is 6.02. The van der Waals surface area contributed by atoms with Crippen LogP contribution in [-0.4, -0.2) is 25.9 Å². The van der Waals surface area contributed by atoms with Crippen LogP contribution in [0, 0.1) is 0 Å². The number of nitrogens with two attached hydrogens (primary N) is 1. The molecule has 0 spiro atoms. The monoisotopic (exact) mass is 241 g/mol. The fraction of sp³-hybridized carbons (Fsp3) is 0.692. The average Bonchev–Trinajstić information content (AvgIpc) is 2.86. The Hall–Kier alpha value is -0.840. The standard InChI is InChI=1S/C13H23NO3/c1-3-7-15-9-10-17-13(11(14)4-2)12-6-5-8-16-12/h5-6,8,11,13H,3-4,7,9-10,14H2,1-2H3. The van der Waals surface area contributed by atoms with E-state index in [0.717, 1.165) is 25.2 Å². The summed E-state index contributed by atoms with van der Waals surface area (Å²) in [5.74, 6) is 0.787. The number of ether oxygens (including phenoxy) is 2. The van der Waals surface area contributed by atoms with Crippen molar-refractivity contribution in [3.05, 3.63) is 24.2 Å². The second-order valence-corrected chi connectivity index (χ2v) is 3.99. The van der Waals surface area contributed by atoms with Gasteiger partial charge in [0.25, 0.3) is 0 Å². The predicted octanol–water partition coefficient (Wildman–Crippen LogP) is 2.50. The Labute approximate surface area is 103 Å². The molecule has 0 bridgehead atoms. The van der Waals surface area contributed by atoms with Gasteiger partial charge in [0.2, 0.25) is 0 Å². The van der Waals surface area contributed by atoms with E-state index < -0.39 is 0 Å². The quantitative estimate of drug-likeness (QED) is 0.675. The lowest BCUT2D eigenvalue weighted by Gasteiger charge is -2.21. The summed E-state index contributed by atoms with van der Waals surface area (Å²) in [6.45, 7) is 6.03. The second kappa shape index (κ2) is 8.28. The first-order chi connectivity index (χ1) is 8.29. The SMILES string of the molecule is CCCOCCOC(c1ccco1)C(N)CC. The highest BCUT2D eigenvalue weighted by Gasteiger charge is 2.21. The average molecular weight is 241 g/mol. The van der Waals surface area contributed by atoms with E-state index >= 15 is 0 Å². The molecule has 0 aliphatic carbocycles. The van der Waals surface area contributed by atoms with Gasteiger partial charge >= 0.3 is 0 Å². The van der Waals surface area contributed by atoms with Gasteiger partial charge in [0.05, 0.1) is 19.5 Å². The predicted molar refractivity (Wildman–Crippen MR) is 66.8 cm³/mol. The van der Waals surface area contributed by atoms with Crippen molar-refractivity contribution in [3.63, 3.8) is 0 Å². The third-order valence-corrected chi connectivity index (χ3v) is 2.56. The molecule has 1 rings (SSSR count). The molecule has 0 aromatic carbocycles. The van der Waals surface area contributed by atoms with Crippen molar-refractivity contribution in [2.75, 3.05) is 19.8 Å². The van der Waals surface area contributed by atoms with Gasteiger partial charge in [-0.2, -0.15) is 0 Å². The molecule has 0 fully saturated rings. The maximum atomic E-state index is 6.02. The van der Waals surface area contributed by atoms with Crippen LogP contribution in [0.5, 0.6) is 0 Å². The van der Waals surface area contributed by atoms with Gasteiger partial charge in [-0.3, -0.25) is 0 Å². The van der Waals surface area contributed by atoms with Crippen LogP contribution in [0.25, 0.3) is 0 Å². The van der Waals surface area contributed by atoms with E-state index in [9.17, 15) is 0 Å². The number of rotatable bonds is 9. The molecule has 2 N–H and O–H groups in total. The summed E-state index contributed by atoms with van der Waals surface area (Å²) in [5.41, 5.74) is 6.02. The van der Waals surface area contributed by atoms with E-state index in [1.807, 2.05) is 19.1 Å². The van der Waals surface area contributed by atoms with E-state index in [2.05, 4.69) is 6.92 Å². The molecule has 17 heavy (non-hydrogen) atoms. The van der Waals surface area contributed by atoms with Gasteiger partial charge in [0, 0.05) is 12.6 Å². The molecule has 2 atom stereocenters. The fourth-order valence-corrected chi connectivity index (χ4v) is 1.56. The first-order valence-electron chi connectivity index (χ1n) is 6.27. The summed E-state index contributed by atoms with van der Waals surface area (Å²) in [7, 11) is 0. The van der Waals surface area contributed by atoms with E-state index in [-0.39, 0.29) is 12.1 Å². The van der Waals surface area contributed by atoms with Crippen molar-refractivity contribution >= 4 is 0 Å². The minimum atomic E-state index is -0.180. The van der Waals surface area contributed by atoms with Crippen molar-refractivity contribution in [2.45, 2.75) is 38.8 Å². The molecule has 0 aliphatic heterocycles. The van der Waals surface area contributed by atoms with Crippen molar-refractivity contribution in [2.24, 2.45) is 5.73 Å². The minimum absolute atomic E-state index is 0.0488. The Kier molecular flexibility index (Phi) is 6.93. The minimum Gasteiger partial charge on any atom is -0.467 e. The molecule has 1 heterocycles. The van der Waals surface area contributed by atoms with E-state index in [1.165, 1.54) is 0 Å². The molecule has 4 heteroatoms. The van der Waals surface area contributed by atoms with Gasteiger partial charge in [-0.05, 0) is 25.0 Å². The summed E-state index contributed by atoms with van der Waals surface area (Å²) in [6.07, 6.45) is 3.33. The van der Waals surface area contributed by atoms with Gasteiger partial charge in [0.1, 0.15) is 11.9 Å². The third-order valence-electron chi connectivity index (χ3n) is 2.56. The molecule has 1 aromatic heterocycles. The summed E-state index contributed by atoms with van der Waals surface area (Å²) in [6, 6.07) is 3.70. The Morgan fingerprint density at radius 2 is 2.12 bits per heavy atom. The summed E-state index contributed by atoms with van der Waals surface area (Å²) < 4.78 is 16.5. The van der Waals surface area contributed by atoms with Crippen molar-refractivity contribution in [3.8, 4) is 0 Å². The zero-order chi connectivity index (χ0) is 12.5. The molecule has 4 nitrogen and oxygen atoms in total. The van der Waals surface area contributed by atoms with Gasteiger partial charge < -0.3 is 19.6 Å². The van der Waals surface area contributed by atoms with E-state index in [1.54, 1.807) is 6.26 Å². The molecule has 98 valence electrons. The molecule has 2 unspecified atom stereocenters. The summed E-state index contributed by atoms with van der Waals surface area (Å²) in [4.78, 5) is 0. The Morgan fingerprint density at radius 1 is 1.29 bits per heavy atom. The van der Waals surface area contributed by atoms with Crippen molar-refractivity contribution < 1.29 is 13.9 Å². The third kappa shape index (κ3) is 4.89. The number of hydrogen-bond acceptors (Lipinski definition) is 4. The van der Waals surface area contributed by atoms with Gasteiger partial charge in [0.15, 0.2) is 0 Å². The van der Waals surface area contributed by atoms with E-state index in [0.29, 0.717) is 13.2 Å². The Morgan fingerprint density at radius 3 is 2.71 bits per heavy atom. The lowest BCUT2D eigenvalue weighted by Crippen LogP contribution is -2.30. The highest BCUT2D eigenvalue weighted by atomic mass is 16.5. The fourth-order valence-electron chi connectivity index (χ4n) is 1.56. The van der Waals surface area contributed by atoms with Crippen molar-refractivity contribution in [1.29, 1.82) is 0 Å². The molecule has 0 radical (unpaired) electrons. The molecule has 0 saturated carbocycles. The van der Waals surface area contributed by atoms with Gasteiger partial charge in [-0.15, -0.1) is 0 Å². The zero-order valence-corrected chi connectivity index (χ0v) is 10.7. The molecule has 0 aliphatic rings. The lowest BCUT2D eigenvalue weighted by atomic mass is 10.1. The van der Waals surface area contributed by atoms with Crippen LogP contribution >= 0.6 is 0 Å². The zero-order valence-electron chi connectivity index (χ0n) is 10.7. The summed E-state index contributed by atoms with van der Waals surface area (Å²) >= 11 is 0. The lowest BCUT2D eigenvalue weighted by molar-refractivity contribution is -0.0169. The first kappa shape index (κ1) is 14.2. The largest absolute Gasteiger partial charge is 0.467 e. The van der Waals surface area contributed by atoms with E-state index in [4.69, 9.17) is 19.6 Å². The first-order valence-corrected chi connectivity index (χ1v) is 6.27. The van der Waals surface area contributed by atoms with Gasteiger partial charge in [-0.1, -0.05) is 13.8 Å². The number of furan rings is 1. The molecule has 0 amide bonds. The Balaban J connectivity index is 2.37. The van der Waals surface area contributed by atoms with Crippen LogP contribution in [0.4, 0.5) is 0 Å². The van der Waals surface area contributed by atoms with Crippen LogP contribution < -0.4 is 5.73 Å². The van der Waals surface area contributed by atoms with Gasteiger partial charge in [-0.25, -0.2) is 0 Å².